The number of aryl methyl sites for hydroxylation is 1. The molecule has 21 heavy (non-hydrogen) atoms. The third kappa shape index (κ3) is 6.94. The molecule has 120 valence electrons. The predicted molar refractivity (Wildman–Crippen MR) is 89.8 cm³/mol. The highest BCUT2D eigenvalue weighted by molar-refractivity contribution is 5.29. The second-order valence-electron chi connectivity index (χ2n) is 6.16. The third-order valence-electron chi connectivity index (χ3n) is 3.77. The highest BCUT2D eigenvalue weighted by atomic mass is 16.5. The van der Waals surface area contributed by atoms with Crippen molar-refractivity contribution in [1.29, 1.82) is 0 Å². The number of pyridine rings is 1. The number of unbranched alkanes of at least 4 members (excludes halogenated alkanes) is 1. The Labute approximate surface area is 130 Å². The van der Waals surface area contributed by atoms with Gasteiger partial charge in [-0.1, -0.05) is 47.0 Å². The zero-order chi connectivity index (χ0) is 15.7. The molecule has 1 N–H and O–H groups in total. The molecule has 1 aromatic rings. The summed E-state index contributed by atoms with van der Waals surface area (Å²) in [6.45, 7) is 12.4. The molecule has 3 nitrogen and oxygen atoms in total. The first-order valence-corrected chi connectivity index (χ1v) is 8.39. The largest absolute Gasteiger partial charge is 0.491 e. The zero-order valence-electron chi connectivity index (χ0n) is 14.4. The normalized spacial score (nSPS) is 12.7. The molecular formula is C18H32N2O. The average Bonchev–Trinajstić information content (AvgIpc) is 2.46. The molecule has 0 bridgehead atoms. The molecule has 0 fully saturated rings. The van der Waals surface area contributed by atoms with E-state index in [1.165, 1.54) is 25.7 Å². The maximum Gasteiger partial charge on any atom is 0.142 e. The summed E-state index contributed by atoms with van der Waals surface area (Å²) >= 11 is 0. The number of nitrogens with one attached hydrogen (secondary N) is 1. The van der Waals surface area contributed by atoms with Crippen LogP contribution in [0.1, 0.15) is 64.8 Å². The monoisotopic (exact) mass is 292 g/mol. The topological polar surface area (TPSA) is 34.1 Å². The van der Waals surface area contributed by atoms with Gasteiger partial charge < -0.3 is 10.1 Å². The van der Waals surface area contributed by atoms with Crippen molar-refractivity contribution < 1.29 is 4.74 Å². The van der Waals surface area contributed by atoms with Gasteiger partial charge in [0.25, 0.3) is 0 Å². The molecule has 1 rings (SSSR count). The molecule has 0 aliphatic rings. The molecule has 0 radical (unpaired) electrons. The molecule has 0 saturated heterocycles. The Kier molecular flexibility index (Phi) is 8.36. The van der Waals surface area contributed by atoms with Crippen LogP contribution in [0.25, 0.3) is 0 Å². The van der Waals surface area contributed by atoms with Gasteiger partial charge in [0.05, 0.1) is 12.3 Å². The number of nitrogens with zero attached hydrogens (tertiary/aromatic N) is 1. The van der Waals surface area contributed by atoms with Gasteiger partial charge in [0, 0.05) is 18.3 Å². The lowest BCUT2D eigenvalue weighted by Crippen LogP contribution is -2.23. The van der Waals surface area contributed by atoms with E-state index in [0.717, 1.165) is 30.3 Å². The fourth-order valence-corrected chi connectivity index (χ4v) is 2.26. The SMILES string of the molecule is CCCCC(CC)COc1ccc(C)nc1CNC(C)C. The van der Waals surface area contributed by atoms with Crippen LogP contribution in [0.4, 0.5) is 0 Å². The van der Waals surface area contributed by atoms with Gasteiger partial charge in [-0.3, -0.25) is 4.98 Å². The van der Waals surface area contributed by atoms with E-state index in [-0.39, 0.29) is 0 Å². The second-order valence-corrected chi connectivity index (χ2v) is 6.16. The number of aromatic nitrogens is 1. The highest BCUT2D eigenvalue weighted by Gasteiger charge is 2.11. The van der Waals surface area contributed by atoms with Gasteiger partial charge >= 0.3 is 0 Å². The van der Waals surface area contributed by atoms with Crippen molar-refractivity contribution in [1.82, 2.24) is 10.3 Å². The summed E-state index contributed by atoms with van der Waals surface area (Å²) in [5.74, 6) is 1.58. The van der Waals surface area contributed by atoms with Crippen molar-refractivity contribution in [3.05, 3.63) is 23.5 Å². The van der Waals surface area contributed by atoms with Crippen LogP contribution in [0, 0.1) is 12.8 Å². The van der Waals surface area contributed by atoms with E-state index in [4.69, 9.17) is 4.74 Å². The first-order valence-electron chi connectivity index (χ1n) is 8.39. The van der Waals surface area contributed by atoms with E-state index in [9.17, 15) is 0 Å². The molecule has 0 aromatic carbocycles. The fraction of sp³-hybridized carbons (Fsp3) is 0.722. The molecule has 1 heterocycles. The third-order valence-corrected chi connectivity index (χ3v) is 3.77. The van der Waals surface area contributed by atoms with Crippen LogP contribution in [0.5, 0.6) is 5.75 Å². The number of rotatable bonds is 10. The van der Waals surface area contributed by atoms with Crippen LogP contribution in [-0.2, 0) is 6.54 Å². The second kappa shape index (κ2) is 9.78. The van der Waals surface area contributed by atoms with Gasteiger partial charge in [-0.05, 0) is 31.4 Å². The molecule has 0 aliphatic heterocycles. The van der Waals surface area contributed by atoms with Crippen LogP contribution in [0.3, 0.4) is 0 Å². The Morgan fingerprint density at radius 3 is 2.62 bits per heavy atom. The molecule has 3 heteroatoms. The van der Waals surface area contributed by atoms with Crippen molar-refractivity contribution in [3.8, 4) is 5.75 Å². The fourth-order valence-electron chi connectivity index (χ4n) is 2.26. The molecule has 0 saturated carbocycles. The van der Waals surface area contributed by atoms with Crippen molar-refractivity contribution in [2.75, 3.05) is 6.61 Å². The minimum absolute atomic E-state index is 0.452. The van der Waals surface area contributed by atoms with Crippen LogP contribution in [0.2, 0.25) is 0 Å². The van der Waals surface area contributed by atoms with E-state index in [2.05, 4.69) is 44.1 Å². The highest BCUT2D eigenvalue weighted by Crippen LogP contribution is 2.20. The van der Waals surface area contributed by atoms with E-state index in [1.807, 2.05) is 13.0 Å². The summed E-state index contributed by atoms with van der Waals surface area (Å²) in [5.41, 5.74) is 2.06. The van der Waals surface area contributed by atoms with Crippen molar-refractivity contribution in [3.63, 3.8) is 0 Å². The first-order chi connectivity index (χ1) is 10.1. The molecule has 0 amide bonds. The summed E-state index contributed by atoms with van der Waals surface area (Å²) in [7, 11) is 0. The first kappa shape index (κ1) is 18.0. The lowest BCUT2D eigenvalue weighted by molar-refractivity contribution is 0.230. The summed E-state index contributed by atoms with van der Waals surface area (Å²) in [5, 5.41) is 3.42. The quantitative estimate of drug-likeness (QED) is 0.690. The van der Waals surface area contributed by atoms with Crippen LogP contribution >= 0.6 is 0 Å². The van der Waals surface area contributed by atoms with Crippen molar-refractivity contribution in [2.24, 2.45) is 5.92 Å². The van der Waals surface area contributed by atoms with Crippen LogP contribution in [-0.4, -0.2) is 17.6 Å². The Hall–Kier alpha value is -1.09. The standard InChI is InChI=1S/C18H32N2O/c1-6-8-9-16(7-2)13-21-18-11-10-15(5)20-17(18)12-19-14(3)4/h10-11,14,16,19H,6-9,12-13H2,1-5H3. The van der Waals surface area contributed by atoms with Gasteiger partial charge in [-0.15, -0.1) is 0 Å². The molecule has 0 spiro atoms. The van der Waals surface area contributed by atoms with Crippen LogP contribution in [0.15, 0.2) is 12.1 Å². The van der Waals surface area contributed by atoms with E-state index >= 15 is 0 Å². The summed E-state index contributed by atoms with van der Waals surface area (Å²) in [6.07, 6.45) is 4.98. The van der Waals surface area contributed by atoms with Crippen LogP contribution < -0.4 is 10.1 Å². The molecule has 1 unspecified atom stereocenters. The lowest BCUT2D eigenvalue weighted by Gasteiger charge is -2.18. The van der Waals surface area contributed by atoms with Crippen molar-refractivity contribution in [2.45, 2.75) is 72.9 Å². The van der Waals surface area contributed by atoms with E-state index < -0.39 is 0 Å². The van der Waals surface area contributed by atoms with Crippen molar-refractivity contribution >= 4 is 0 Å². The van der Waals surface area contributed by atoms with E-state index in [0.29, 0.717) is 12.0 Å². The summed E-state index contributed by atoms with van der Waals surface area (Å²) in [6, 6.07) is 4.54. The summed E-state index contributed by atoms with van der Waals surface area (Å²) < 4.78 is 6.07. The molecule has 1 atom stereocenters. The smallest absolute Gasteiger partial charge is 0.142 e. The number of ether oxygens (including phenoxy) is 1. The van der Waals surface area contributed by atoms with Gasteiger partial charge in [0.15, 0.2) is 0 Å². The number of hydrogen-bond donors (Lipinski definition) is 1. The average molecular weight is 292 g/mol. The van der Waals surface area contributed by atoms with Gasteiger partial charge in [0.1, 0.15) is 5.75 Å². The molecular weight excluding hydrogens is 260 g/mol. The van der Waals surface area contributed by atoms with Gasteiger partial charge in [-0.2, -0.15) is 0 Å². The van der Waals surface area contributed by atoms with Gasteiger partial charge in [0.2, 0.25) is 0 Å². The zero-order valence-corrected chi connectivity index (χ0v) is 14.4. The minimum atomic E-state index is 0.452. The Morgan fingerprint density at radius 2 is 2.00 bits per heavy atom. The Balaban J connectivity index is 2.63. The summed E-state index contributed by atoms with van der Waals surface area (Å²) in [4.78, 5) is 4.62. The Morgan fingerprint density at radius 1 is 1.24 bits per heavy atom. The molecule has 1 aromatic heterocycles. The maximum atomic E-state index is 6.07. The lowest BCUT2D eigenvalue weighted by atomic mass is 10.0. The number of hydrogen-bond acceptors (Lipinski definition) is 3. The van der Waals surface area contributed by atoms with E-state index in [1.54, 1.807) is 0 Å². The van der Waals surface area contributed by atoms with Gasteiger partial charge in [-0.25, -0.2) is 0 Å². The Bertz CT molecular complexity index is 404. The maximum absolute atomic E-state index is 6.07. The molecule has 0 aliphatic carbocycles. The predicted octanol–water partition coefficient (Wildman–Crippen LogP) is 4.48. The minimum Gasteiger partial charge on any atom is -0.491 e.